The van der Waals surface area contributed by atoms with Gasteiger partial charge in [0, 0.05) is 45.3 Å². The highest BCUT2D eigenvalue weighted by atomic mass is 16.2. The number of amides is 1. The maximum atomic E-state index is 13.2. The lowest BCUT2D eigenvalue weighted by Gasteiger charge is -2.27. The first kappa shape index (κ1) is 17.2. The summed E-state index contributed by atoms with van der Waals surface area (Å²) in [6, 6.07) is 6.08. The minimum Gasteiger partial charge on any atom is -0.338 e. The van der Waals surface area contributed by atoms with Crippen LogP contribution in [-0.2, 0) is 24.9 Å². The van der Waals surface area contributed by atoms with Crippen LogP contribution in [0, 0.1) is 5.41 Å². The average Bonchev–Trinajstić information content (AvgIpc) is 3.10. The third-order valence-electron chi connectivity index (χ3n) is 6.07. The molecule has 6 heteroatoms. The largest absolute Gasteiger partial charge is 0.338 e. The molecule has 26 heavy (non-hydrogen) atoms. The predicted molar refractivity (Wildman–Crippen MR) is 99.0 cm³/mol. The highest BCUT2D eigenvalue weighted by Gasteiger charge is 2.46. The van der Waals surface area contributed by atoms with Crippen LogP contribution >= 0.6 is 0 Å². The summed E-state index contributed by atoms with van der Waals surface area (Å²) in [6.07, 6.45) is 9.52. The number of rotatable bonds is 4. The lowest BCUT2D eigenvalue weighted by molar-refractivity contribution is -0.137. The molecule has 4 rings (SSSR count). The summed E-state index contributed by atoms with van der Waals surface area (Å²) in [7, 11) is 1.99. The van der Waals surface area contributed by atoms with Gasteiger partial charge in [-0.2, -0.15) is 5.10 Å². The Morgan fingerprint density at radius 1 is 1.00 bits per heavy atom. The molecule has 0 bridgehead atoms. The van der Waals surface area contributed by atoms with E-state index in [1.54, 1.807) is 12.4 Å². The Bertz CT molecular complexity index is 759. The van der Waals surface area contributed by atoms with Gasteiger partial charge in [0.05, 0.1) is 11.1 Å². The molecule has 2 saturated heterocycles. The van der Waals surface area contributed by atoms with Crippen molar-refractivity contribution in [3.63, 3.8) is 0 Å². The van der Waals surface area contributed by atoms with Crippen molar-refractivity contribution >= 4 is 5.91 Å². The van der Waals surface area contributed by atoms with Crippen LogP contribution in [0.5, 0.6) is 0 Å². The number of pyridine rings is 1. The summed E-state index contributed by atoms with van der Waals surface area (Å²) in [4.78, 5) is 21.8. The highest BCUT2D eigenvalue weighted by Crippen LogP contribution is 2.42. The maximum absolute atomic E-state index is 13.2. The first-order valence-electron chi connectivity index (χ1n) is 9.54. The zero-order valence-electron chi connectivity index (χ0n) is 15.5. The van der Waals surface area contributed by atoms with E-state index in [4.69, 9.17) is 0 Å². The first-order valence-corrected chi connectivity index (χ1v) is 9.54. The van der Waals surface area contributed by atoms with Gasteiger partial charge in [-0.3, -0.25) is 19.4 Å². The number of hydrogen-bond acceptors (Lipinski definition) is 4. The van der Waals surface area contributed by atoms with Gasteiger partial charge in [0.15, 0.2) is 0 Å². The average molecular weight is 353 g/mol. The third kappa shape index (κ3) is 3.38. The van der Waals surface area contributed by atoms with Gasteiger partial charge in [0.1, 0.15) is 0 Å². The van der Waals surface area contributed by atoms with Crippen molar-refractivity contribution in [3.8, 4) is 0 Å². The van der Waals surface area contributed by atoms with Crippen molar-refractivity contribution in [2.45, 2.75) is 38.8 Å². The number of likely N-dealkylation sites (tertiary alicyclic amines) is 2. The molecule has 2 fully saturated rings. The minimum absolute atomic E-state index is 0.145. The summed E-state index contributed by atoms with van der Waals surface area (Å²) < 4.78 is 1.94. The first-order chi connectivity index (χ1) is 12.7. The SMILES string of the molecule is Cn1nccc1CN1CCC[C@@]2(CC1)CCN(Cc1ccncc1)C2=O. The summed E-state index contributed by atoms with van der Waals surface area (Å²) in [6.45, 7) is 4.55. The van der Waals surface area contributed by atoms with Gasteiger partial charge < -0.3 is 4.90 Å². The number of hydrogen-bond donors (Lipinski definition) is 0. The minimum atomic E-state index is -0.145. The van der Waals surface area contributed by atoms with Gasteiger partial charge >= 0.3 is 0 Å². The van der Waals surface area contributed by atoms with E-state index in [9.17, 15) is 4.79 Å². The molecule has 0 aromatic carbocycles. The molecule has 1 spiro atoms. The second kappa shape index (κ2) is 7.19. The van der Waals surface area contributed by atoms with Crippen molar-refractivity contribution in [1.29, 1.82) is 0 Å². The van der Waals surface area contributed by atoms with Crippen molar-refractivity contribution in [2.75, 3.05) is 19.6 Å². The summed E-state index contributed by atoms with van der Waals surface area (Å²) in [5, 5.41) is 4.26. The summed E-state index contributed by atoms with van der Waals surface area (Å²) in [5.41, 5.74) is 2.25. The van der Waals surface area contributed by atoms with Crippen LogP contribution in [0.3, 0.4) is 0 Å². The Hall–Kier alpha value is -2.21. The monoisotopic (exact) mass is 353 g/mol. The van der Waals surface area contributed by atoms with Gasteiger partial charge in [-0.25, -0.2) is 0 Å². The van der Waals surface area contributed by atoms with Gasteiger partial charge in [-0.05, 0) is 62.5 Å². The number of nitrogens with zero attached hydrogens (tertiary/aromatic N) is 5. The van der Waals surface area contributed by atoms with Crippen LogP contribution in [0.25, 0.3) is 0 Å². The zero-order chi connectivity index (χ0) is 18.0. The maximum Gasteiger partial charge on any atom is 0.229 e. The fourth-order valence-electron chi connectivity index (χ4n) is 4.41. The molecule has 2 aliphatic rings. The molecule has 1 atom stereocenters. The second-order valence-corrected chi connectivity index (χ2v) is 7.69. The van der Waals surface area contributed by atoms with Gasteiger partial charge in [0.2, 0.25) is 5.91 Å². The Morgan fingerprint density at radius 3 is 2.58 bits per heavy atom. The topological polar surface area (TPSA) is 54.3 Å². The van der Waals surface area contributed by atoms with E-state index in [-0.39, 0.29) is 5.41 Å². The Balaban J connectivity index is 1.40. The quantitative estimate of drug-likeness (QED) is 0.846. The molecule has 138 valence electrons. The molecule has 2 aliphatic heterocycles. The van der Waals surface area contributed by atoms with E-state index in [2.05, 4.69) is 21.0 Å². The smallest absolute Gasteiger partial charge is 0.229 e. The van der Waals surface area contributed by atoms with Crippen molar-refractivity contribution in [2.24, 2.45) is 12.5 Å². The Morgan fingerprint density at radius 2 is 1.81 bits per heavy atom. The van der Waals surface area contributed by atoms with E-state index >= 15 is 0 Å². The number of aryl methyl sites for hydroxylation is 1. The predicted octanol–water partition coefficient (Wildman–Crippen LogP) is 2.22. The molecule has 0 unspecified atom stereocenters. The molecule has 6 nitrogen and oxygen atoms in total. The number of aromatic nitrogens is 3. The third-order valence-corrected chi connectivity index (χ3v) is 6.07. The molecule has 0 N–H and O–H groups in total. The molecular formula is C20H27N5O. The molecule has 2 aromatic rings. The lowest BCUT2D eigenvalue weighted by atomic mass is 9.79. The van der Waals surface area contributed by atoms with Crippen LogP contribution in [0.4, 0.5) is 0 Å². The van der Waals surface area contributed by atoms with E-state index in [1.807, 2.05) is 35.0 Å². The standard InChI is InChI=1S/C20H27N5O/c1-23-18(5-11-22-23)16-24-12-2-6-20(7-13-24)8-14-25(19(20)26)15-17-3-9-21-10-4-17/h3-5,9-11H,2,6-8,12-16H2,1H3/t20-/m1/s1. The zero-order valence-corrected chi connectivity index (χ0v) is 15.5. The molecule has 1 amide bonds. The molecule has 4 heterocycles. The molecular weight excluding hydrogens is 326 g/mol. The van der Waals surface area contributed by atoms with Gasteiger partial charge in [-0.15, -0.1) is 0 Å². The van der Waals surface area contributed by atoms with Crippen molar-refractivity contribution in [3.05, 3.63) is 48.0 Å². The van der Waals surface area contributed by atoms with Crippen LogP contribution < -0.4 is 0 Å². The Labute approximate surface area is 154 Å². The normalized spacial score (nSPS) is 24.3. The van der Waals surface area contributed by atoms with Crippen molar-refractivity contribution in [1.82, 2.24) is 24.6 Å². The molecule has 0 aliphatic carbocycles. The van der Waals surface area contributed by atoms with Crippen molar-refractivity contribution < 1.29 is 4.79 Å². The van der Waals surface area contributed by atoms with Gasteiger partial charge in [-0.1, -0.05) is 0 Å². The van der Waals surface area contributed by atoms with E-state index in [1.165, 1.54) is 5.69 Å². The molecule has 2 aromatic heterocycles. The number of carbonyl (C=O) groups excluding carboxylic acids is 1. The lowest BCUT2D eigenvalue weighted by Crippen LogP contribution is -2.35. The molecule has 0 saturated carbocycles. The molecule has 0 radical (unpaired) electrons. The van der Waals surface area contributed by atoms with E-state index < -0.39 is 0 Å². The fraction of sp³-hybridized carbons (Fsp3) is 0.550. The fourth-order valence-corrected chi connectivity index (χ4v) is 4.41. The van der Waals surface area contributed by atoms with Crippen LogP contribution in [0.1, 0.15) is 36.9 Å². The van der Waals surface area contributed by atoms with E-state index in [0.717, 1.165) is 57.4 Å². The van der Waals surface area contributed by atoms with Gasteiger partial charge in [0.25, 0.3) is 0 Å². The highest BCUT2D eigenvalue weighted by molar-refractivity contribution is 5.84. The second-order valence-electron chi connectivity index (χ2n) is 7.69. The van der Waals surface area contributed by atoms with Crippen LogP contribution in [-0.4, -0.2) is 50.1 Å². The number of carbonyl (C=O) groups is 1. The van der Waals surface area contributed by atoms with Crippen LogP contribution in [0.2, 0.25) is 0 Å². The van der Waals surface area contributed by atoms with E-state index in [0.29, 0.717) is 12.5 Å². The van der Waals surface area contributed by atoms with Crippen LogP contribution in [0.15, 0.2) is 36.8 Å². The summed E-state index contributed by atoms with van der Waals surface area (Å²) in [5.74, 6) is 0.358. The Kier molecular flexibility index (Phi) is 4.76. The summed E-state index contributed by atoms with van der Waals surface area (Å²) >= 11 is 0.